The van der Waals surface area contributed by atoms with Crippen LogP contribution < -0.4 is 5.32 Å². The van der Waals surface area contributed by atoms with Gasteiger partial charge in [-0.3, -0.25) is 0 Å². The second kappa shape index (κ2) is 3.88. The number of aromatic nitrogens is 2. The largest absolute Gasteiger partial charge is 0.378 e. The molecular formula is C12H15N3O. The molecule has 2 aromatic rings. The van der Waals surface area contributed by atoms with Crippen LogP contribution in [0, 0.1) is 6.92 Å². The Bertz CT molecular complexity index is 500. The Morgan fingerprint density at radius 3 is 3.31 bits per heavy atom. The van der Waals surface area contributed by atoms with Crippen molar-refractivity contribution in [1.82, 2.24) is 14.7 Å². The van der Waals surface area contributed by atoms with Crippen molar-refractivity contribution in [2.45, 2.75) is 13.0 Å². The average Bonchev–Trinajstić information content (AvgIpc) is 2.73. The smallest absolute Gasteiger partial charge is 0.132 e. The van der Waals surface area contributed by atoms with Crippen LogP contribution in [-0.2, 0) is 4.74 Å². The van der Waals surface area contributed by atoms with Crippen LogP contribution in [0.5, 0.6) is 0 Å². The molecule has 1 unspecified atom stereocenters. The quantitative estimate of drug-likeness (QED) is 0.782. The summed E-state index contributed by atoms with van der Waals surface area (Å²) in [5.41, 5.74) is 2.40. The molecule has 4 nitrogen and oxygen atoms in total. The summed E-state index contributed by atoms with van der Waals surface area (Å²) >= 11 is 0. The molecule has 3 rings (SSSR count). The van der Waals surface area contributed by atoms with Crippen molar-refractivity contribution >= 4 is 5.52 Å². The predicted octanol–water partition coefficient (Wildman–Crippen LogP) is 1.30. The molecule has 1 N–H and O–H groups in total. The maximum atomic E-state index is 5.46. The third kappa shape index (κ3) is 1.60. The second-order valence-corrected chi connectivity index (χ2v) is 4.20. The molecule has 0 radical (unpaired) electrons. The fraction of sp³-hybridized carbons (Fsp3) is 0.417. The fourth-order valence-electron chi connectivity index (χ4n) is 2.12. The van der Waals surface area contributed by atoms with Crippen molar-refractivity contribution in [2.24, 2.45) is 0 Å². The Morgan fingerprint density at radius 1 is 1.56 bits per heavy atom. The topological polar surface area (TPSA) is 38.6 Å². The molecule has 0 bridgehead atoms. The van der Waals surface area contributed by atoms with Crippen LogP contribution in [0.2, 0.25) is 0 Å². The molecule has 84 valence electrons. The first-order valence-electron chi connectivity index (χ1n) is 5.59. The number of imidazole rings is 1. The lowest BCUT2D eigenvalue weighted by Gasteiger charge is -2.22. The van der Waals surface area contributed by atoms with E-state index in [4.69, 9.17) is 4.74 Å². The number of fused-ring (bicyclic) bond motifs is 1. The van der Waals surface area contributed by atoms with Gasteiger partial charge in [0.25, 0.3) is 0 Å². The van der Waals surface area contributed by atoms with Crippen LogP contribution in [-0.4, -0.2) is 29.1 Å². The number of morpholine rings is 1. The summed E-state index contributed by atoms with van der Waals surface area (Å²) in [6.45, 7) is 4.48. The van der Waals surface area contributed by atoms with Gasteiger partial charge in [-0.1, -0.05) is 0 Å². The molecule has 1 atom stereocenters. The molecule has 0 saturated carbocycles. The van der Waals surface area contributed by atoms with E-state index in [0.717, 1.165) is 24.5 Å². The van der Waals surface area contributed by atoms with Crippen molar-refractivity contribution in [3.8, 4) is 0 Å². The van der Waals surface area contributed by atoms with Crippen molar-refractivity contribution in [2.75, 3.05) is 19.8 Å². The zero-order chi connectivity index (χ0) is 11.0. The van der Waals surface area contributed by atoms with Gasteiger partial charge in [-0.2, -0.15) is 0 Å². The highest BCUT2D eigenvalue weighted by atomic mass is 16.5. The van der Waals surface area contributed by atoms with Crippen molar-refractivity contribution in [3.05, 3.63) is 35.9 Å². The van der Waals surface area contributed by atoms with Crippen LogP contribution in [0.4, 0.5) is 0 Å². The average molecular weight is 217 g/mol. The van der Waals surface area contributed by atoms with Gasteiger partial charge in [0.05, 0.1) is 31.0 Å². The summed E-state index contributed by atoms with van der Waals surface area (Å²) < 4.78 is 7.59. The number of aryl methyl sites for hydroxylation is 1. The van der Waals surface area contributed by atoms with E-state index in [1.54, 1.807) is 0 Å². The predicted molar refractivity (Wildman–Crippen MR) is 61.5 cm³/mol. The summed E-state index contributed by atoms with van der Waals surface area (Å²) in [6, 6.07) is 4.45. The molecule has 1 aliphatic rings. The maximum absolute atomic E-state index is 5.46. The Balaban J connectivity index is 2.03. The molecule has 1 aliphatic heterocycles. The van der Waals surface area contributed by atoms with Crippen molar-refractivity contribution in [3.63, 3.8) is 0 Å². The van der Waals surface area contributed by atoms with E-state index >= 15 is 0 Å². The van der Waals surface area contributed by atoms with E-state index in [2.05, 4.69) is 40.0 Å². The van der Waals surface area contributed by atoms with Gasteiger partial charge in [0.15, 0.2) is 0 Å². The van der Waals surface area contributed by atoms with Gasteiger partial charge in [-0.05, 0) is 24.6 Å². The number of ether oxygens (including phenoxy) is 1. The van der Waals surface area contributed by atoms with Crippen molar-refractivity contribution in [1.29, 1.82) is 0 Å². The molecule has 1 saturated heterocycles. The monoisotopic (exact) mass is 217 g/mol. The molecule has 0 aliphatic carbocycles. The molecule has 0 amide bonds. The third-order valence-electron chi connectivity index (χ3n) is 2.95. The number of hydrogen-bond acceptors (Lipinski definition) is 3. The minimum Gasteiger partial charge on any atom is -0.378 e. The second-order valence-electron chi connectivity index (χ2n) is 4.20. The highest BCUT2D eigenvalue weighted by Crippen LogP contribution is 2.17. The maximum Gasteiger partial charge on any atom is 0.132 e. The number of pyridine rings is 1. The van der Waals surface area contributed by atoms with Gasteiger partial charge in [0.1, 0.15) is 5.82 Å². The van der Waals surface area contributed by atoms with E-state index in [-0.39, 0.29) is 6.04 Å². The molecule has 1 fully saturated rings. The molecule has 16 heavy (non-hydrogen) atoms. The van der Waals surface area contributed by atoms with Crippen molar-refractivity contribution < 1.29 is 4.74 Å². The Hall–Kier alpha value is -1.39. The van der Waals surface area contributed by atoms with Gasteiger partial charge in [-0.15, -0.1) is 0 Å². The lowest BCUT2D eigenvalue weighted by molar-refractivity contribution is 0.0740. The summed E-state index contributed by atoms with van der Waals surface area (Å²) in [4.78, 5) is 4.48. The van der Waals surface area contributed by atoms with Crippen LogP contribution >= 0.6 is 0 Å². The fourth-order valence-corrected chi connectivity index (χ4v) is 2.12. The van der Waals surface area contributed by atoms with Crippen LogP contribution in [0.1, 0.15) is 17.4 Å². The van der Waals surface area contributed by atoms with Gasteiger partial charge >= 0.3 is 0 Å². The first-order valence-corrected chi connectivity index (χ1v) is 5.59. The standard InChI is InChI=1S/C12H15N3O/c1-9-2-4-15-10(6-9)7-14-12(15)11-8-16-5-3-13-11/h2,4,6-7,11,13H,3,5,8H2,1H3. The van der Waals surface area contributed by atoms with Gasteiger partial charge in [0.2, 0.25) is 0 Å². The highest BCUT2D eigenvalue weighted by molar-refractivity contribution is 5.48. The van der Waals surface area contributed by atoms with E-state index in [1.165, 1.54) is 5.56 Å². The molecule has 4 heteroatoms. The summed E-state index contributed by atoms with van der Waals surface area (Å²) in [6.07, 6.45) is 3.99. The van der Waals surface area contributed by atoms with E-state index < -0.39 is 0 Å². The Morgan fingerprint density at radius 2 is 2.50 bits per heavy atom. The summed E-state index contributed by atoms with van der Waals surface area (Å²) in [5.74, 6) is 1.04. The highest BCUT2D eigenvalue weighted by Gasteiger charge is 2.19. The number of nitrogens with one attached hydrogen (secondary N) is 1. The van der Waals surface area contributed by atoms with E-state index in [1.807, 2.05) is 6.20 Å². The minimum atomic E-state index is 0.207. The van der Waals surface area contributed by atoms with Crippen LogP contribution in [0.15, 0.2) is 24.5 Å². The lowest BCUT2D eigenvalue weighted by atomic mass is 10.2. The molecule has 2 aromatic heterocycles. The Labute approximate surface area is 94.3 Å². The van der Waals surface area contributed by atoms with Gasteiger partial charge in [0, 0.05) is 12.7 Å². The lowest BCUT2D eigenvalue weighted by Crippen LogP contribution is -2.35. The minimum absolute atomic E-state index is 0.207. The van der Waals surface area contributed by atoms with Crippen LogP contribution in [0.25, 0.3) is 5.52 Å². The normalized spacial score (nSPS) is 21.4. The SMILES string of the molecule is Cc1ccn2c(C3COCCN3)ncc2c1. The summed E-state index contributed by atoms with van der Waals surface area (Å²) in [5, 5.41) is 3.42. The van der Waals surface area contributed by atoms with E-state index in [9.17, 15) is 0 Å². The first-order chi connectivity index (χ1) is 7.84. The number of hydrogen-bond donors (Lipinski definition) is 1. The molecular weight excluding hydrogens is 202 g/mol. The zero-order valence-corrected chi connectivity index (χ0v) is 9.31. The van der Waals surface area contributed by atoms with Gasteiger partial charge < -0.3 is 14.5 Å². The molecule has 3 heterocycles. The number of nitrogens with zero attached hydrogens (tertiary/aromatic N) is 2. The van der Waals surface area contributed by atoms with Crippen LogP contribution in [0.3, 0.4) is 0 Å². The third-order valence-corrected chi connectivity index (χ3v) is 2.95. The summed E-state index contributed by atoms with van der Waals surface area (Å²) in [7, 11) is 0. The zero-order valence-electron chi connectivity index (χ0n) is 9.31. The molecule has 0 spiro atoms. The first kappa shape index (κ1) is 9.81. The Kier molecular flexibility index (Phi) is 2.38. The number of rotatable bonds is 1. The van der Waals surface area contributed by atoms with E-state index in [0.29, 0.717) is 6.61 Å². The van der Waals surface area contributed by atoms with Gasteiger partial charge in [-0.25, -0.2) is 4.98 Å². The molecule has 0 aromatic carbocycles.